The molecule has 0 bridgehead atoms. The Bertz CT molecular complexity index is 46.9. The number of hydrogen-bond acceptors (Lipinski definition) is 0. The van der Waals surface area contributed by atoms with Crippen LogP contribution in [0.2, 0.25) is 0 Å². The molecular weight excluding hydrogens is 651 g/mol. The summed E-state index contributed by atoms with van der Waals surface area (Å²) in [5, 5.41) is 0. The predicted molar refractivity (Wildman–Crippen MR) is 27.8 cm³/mol. The minimum atomic E-state index is 0.100. The van der Waals surface area contributed by atoms with Crippen LogP contribution in [-0.2, 0) is 0 Å². The fourth-order valence-electron chi connectivity index (χ4n) is 0.0333. The summed E-state index contributed by atoms with van der Waals surface area (Å²) in [7, 11) is 0. The van der Waals surface area contributed by atoms with Gasteiger partial charge in [-0.1, -0.05) is 0 Å². The topological polar surface area (TPSA) is 0 Å². The quantitative estimate of drug-likeness (QED) is 0.324. The SMILES string of the molecule is [Bi]=[Bi][CH]=[CH][BiH]. The van der Waals surface area contributed by atoms with Gasteiger partial charge < -0.3 is 0 Å². The van der Waals surface area contributed by atoms with Crippen LogP contribution in [0.4, 0.5) is 0 Å². The van der Waals surface area contributed by atoms with Crippen molar-refractivity contribution in [1.82, 2.24) is 0 Å². The van der Waals surface area contributed by atoms with Gasteiger partial charge in [0.25, 0.3) is 0 Å². The number of hydrogen-bond donors (Lipinski definition) is 0. The summed E-state index contributed by atoms with van der Waals surface area (Å²) in [5.74, 6) is 0. The van der Waals surface area contributed by atoms with Crippen LogP contribution in [0.15, 0.2) is 7.57 Å². The Kier molecular flexibility index (Phi) is 9.44. The molecule has 0 nitrogen and oxygen atoms in total. The first kappa shape index (κ1) is 7.39. The molecule has 0 fully saturated rings. The van der Waals surface area contributed by atoms with E-state index < -0.39 is 0 Å². The molecule has 26 valence electrons. The van der Waals surface area contributed by atoms with Crippen LogP contribution in [0, 0.1) is 0 Å². The van der Waals surface area contributed by atoms with Crippen molar-refractivity contribution < 1.29 is 0 Å². The van der Waals surface area contributed by atoms with Crippen LogP contribution in [0.25, 0.3) is 0 Å². The molecule has 0 unspecified atom stereocenters. The van der Waals surface area contributed by atoms with Gasteiger partial charge >= 0.3 is 69.3 Å². The van der Waals surface area contributed by atoms with E-state index >= 15 is 0 Å². The Morgan fingerprint density at radius 1 is 1.80 bits per heavy atom. The molecular formula is C2H3Bi3. The Morgan fingerprint density at radius 3 is 2.40 bits per heavy atom. The van der Waals surface area contributed by atoms with E-state index in [-0.39, 0.29) is 17.8 Å². The van der Waals surface area contributed by atoms with E-state index in [9.17, 15) is 0 Å². The maximum atomic E-state index is 2.42. The summed E-state index contributed by atoms with van der Waals surface area (Å²) >= 11 is 3.06. The zero-order chi connectivity index (χ0) is 4.12. The van der Waals surface area contributed by atoms with Gasteiger partial charge in [-0.05, 0) is 0 Å². The van der Waals surface area contributed by atoms with Crippen LogP contribution in [0.3, 0.4) is 0 Å². The molecule has 2 radical (unpaired) electrons. The summed E-state index contributed by atoms with van der Waals surface area (Å²) < 4.78 is 4.72. The van der Waals surface area contributed by atoms with Crippen LogP contribution in [0.5, 0.6) is 0 Å². The van der Waals surface area contributed by atoms with E-state index in [1.165, 1.54) is 24.7 Å². The molecule has 5 heavy (non-hydrogen) atoms. The van der Waals surface area contributed by atoms with Crippen LogP contribution < -0.4 is 0 Å². The molecule has 0 saturated carbocycles. The first-order valence-electron chi connectivity index (χ1n) is 1.08. The molecule has 0 rings (SSSR count). The van der Waals surface area contributed by atoms with Gasteiger partial charge in [-0.3, -0.25) is 0 Å². The maximum absolute atomic E-state index is 2.42. The van der Waals surface area contributed by atoms with Crippen molar-refractivity contribution in [2.75, 3.05) is 0 Å². The van der Waals surface area contributed by atoms with Crippen molar-refractivity contribution in [2.24, 2.45) is 0 Å². The molecule has 0 aliphatic heterocycles. The average molecular weight is 654 g/mol. The van der Waals surface area contributed by atoms with Gasteiger partial charge in [0, 0.05) is 0 Å². The van der Waals surface area contributed by atoms with E-state index in [4.69, 9.17) is 0 Å². The van der Waals surface area contributed by atoms with Gasteiger partial charge in [0.1, 0.15) is 0 Å². The fourth-order valence-corrected chi connectivity index (χ4v) is 22.5. The molecule has 0 heterocycles. The first-order chi connectivity index (χ1) is 2.41. The van der Waals surface area contributed by atoms with Gasteiger partial charge in [0.05, 0.1) is 0 Å². The summed E-state index contributed by atoms with van der Waals surface area (Å²) in [6.07, 6.45) is 0. The number of rotatable bonds is 1. The van der Waals surface area contributed by atoms with Crippen LogP contribution in [0.1, 0.15) is 0 Å². The second-order valence-corrected chi connectivity index (χ2v) is 11.7. The summed E-state index contributed by atoms with van der Waals surface area (Å²) in [6, 6.07) is 0. The van der Waals surface area contributed by atoms with Gasteiger partial charge in [0.2, 0.25) is 0 Å². The molecule has 0 aromatic rings. The summed E-state index contributed by atoms with van der Waals surface area (Å²) in [4.78, 5) is 0. The normalized spacial score (nSPS) is 9.00. The summed E-state index contributed by atoms with van der Waals surface area (Å²) in [5.41, 5.74) is 0. The first-order valence-corrected chi connectivity index (χ1v) is 20.5. The third-order valence-electron chi connectivity index (χ3n) is 0.141. The zero-order valence-electron chi connectivity index (χ0n) is 2.55. The Labute approximate surface area is 67.7 Å². The molecule has 0 amide bonds. The van der Waals surface area contributed by atoms with E-state index in [0.29, 0.717) is 0 Å². The molecule has 0 aliphatic rings. The van der Waals surface area contributed by atoms with Crippen molar-refractivity contribution in [3.05, 3.63) is 7.57 Å². The van der Waals surface area contributed by atoms with E-state index in [0.717, 1.165) is 0 Å². The monoisotopic (exact) mass is 654 g/mol. The van der Waals surface area contributed by atoms with Gasteiger partial charge in [-0.2, -0.15) is 0 Å². The van der Waals surface area contributed by atoms with Crippen molar-refractivity contribution in [3.8, 4) is 0 Å². The fraction of sp³-hybridized carbons (Fsp3) is 0. The second-order valence-electron chi connectivity index (χ2n) is 0.431. The van der Waals surface area contributed by atoms with Crippen molar-refractivity contribution in [3.63, 3.8) is 0 Å². The van der Waals surface area contributed by atoms with Crippen LogP contribution >= 0.6 is 0 Å². The van der Waals surface area contributed by atoms with Crippen molar-refractivity contribution in [1.29, 1.82) is 0 Å². The second kappa shape index (κ2) is 6.39. The molecule has 3 heteroatoms. The van der Waals surface area contributed by atoms with Crippen molar-refractivity contribution in [2.45, 2.75) is 0 Å². The standard InChI is InChI=1S/C2H2.3Bi.H/c1-2;;;;/h1-2H;;;;. The summed E-state index contributed by atoms with van der Waals surface area (Å²) in [6.45, 7) is 0. The molecule has 0 spiro atoms. The van der Waals surface area contributed by atoms with Gasteiger partial charge in [0.15, 0.2) is 0 Å². The molecule has 0 aromatic heterocycles. The average Bonchev–Trinajstić information content (AvgIpc) is 1.41. The van der Waals surface area contributed by atoms with E-state index in [1.807, 2.05) is 0 Å². The van der Waals surface area contributed by atoms with Gasteiger partial charge in [-0.15, -0.1) is 0 Å². The van der Waals surface area contributed by atoms with E-state index in [2.05, 4.69) is 7.57 Å². The Hall–Kier alpha value is 2.39. The van der Waals surface area contributed by atoms with E-state index in [1.54, 1.807) is 19.3 Å². The Balaban J connectivity index is 2.92. The minimum absolute atomic E-state index is 0.100. The molecule has 0 aromatic carbocycles. The third kappa shape index (κ3) is 6.39. The molecule has 0 saturated heterocycles. The Morgan fingerprint density at radius 2 is 2.40 bits per heavy atom. The molecule has 0 N–H and O–H groups in total. The molecule has 0 atom stereocenters. The van der Waals surface area contributed by atoms with Gasteiger partial charge in [-0.25, -0.2) is 0 Å². The zero-order valence-corrected chi connectivity index (χ0v) is 13.4. The third-order valence-corrected chi connectivity index (χ3v) is 10.9. The predicted octanol–water partition coefficient (Wildman–Crippen LogP) is -0.854. The van der Waals surface area contributed by atoms with Crippen LogP contribution in [-0.4, -0.2) is 61.8 Å². The van der Waals surface area contributed by atoms with Crippen molar-refractivity contribution >= 4 is 61.8 Å². The molecule has 0 aliphatic carbocycles.